The topological polar surface area (TPSA) is 58.2 Å². The predicted molar refractivity (Wildman–Crippen MR) is 100 cm³/mol. The molecular weight excluding hydrogens is 411 g/mol. The minimum absolute atomic E-state index is 0.112. The summed E-state index contributed by atoms with van der Waals surface area (Å²) in [6.45, 7) is 0. The van der Waals surface area contributed by atoms with E-state index in [4.69, 9.17) is 0 Å². The highest BCUT2D eigenvalue weighted by atomic mass is 127. The molecule has 4 nitrogen and oxygen atoms in total. The number of carbonyl (C=O) groups is 2. The molecule has 0 bridgehead atoms. The molecule has 0 saturated heterocycles. The van der Waals surface area contributed by atoms with E-state index in [-0.39, 0.29) is 23.3 Å². The fourth-order valence-electron chi connectivity index (χ4n) is 1.69. The van der Waals surface area contributed by atoms with Crippen molar-refractivity contribution in [3.05, 3.63) is 58.2 Å². The number of para-hydroxylation sites is 1. The molecule has 0 aliphatic rings. The van der Waals surface area contributed by atoms with Crippen LogP contribution in [0.15, 0.2) is 54.6 Å². The van der Waals surface area contributed by atoms with Crippen molar-refractivity contribution in [3.63, 3.8) is 0 Å². The number of anilines is 2. The van der Waals surface area contributed by atoms with Crippen LogP contribution in [0.4, 0.5) is 11.4 Å². The molecule has 2 rings (SSSR count). The normalized spacial score (nSPS) is 10.0. The van der Waals surface area contributed by atoms with Crippen molar-refractivity contribution in [2.45, 2.75) is 0 Å². The summed E-state index contributed by atoms with van der Waals surface area (Å²) < 4.78 is 1.11. The average Bonchev–Trinajstić information content (AvgIpc) is 2.50. The second kappa shape index (κ2) is 8.79. The molecule has 0 radical (unpaired) electrons. The Hall–Kier alpha value is -1.54. The Bertz CT molecular complexity index is 632. The molecule has 0 saturated carbocycles. The lowest BCUT2D eigenvalue weighted by Crippen LogP contribution is -2.18. The van der Waals surface area contributed by atoms with Crippen molar-refractivity contribution in [3.8, 4) is 0 Å². The molecule has 0 atom stereocenters. The van der Waals surface area contributed by atoms with Crippen molar-refractivity contribution in [1.82, 2.24) is 0 Å². The van der Waals surface area contributed by atoms with E-state index >= 15 is 0 Å². The van der Waals surface area contributed by atoms with Gasteiger partial charge in [0.2, 0.25) is 11.8 Å². The molecule has 22 heavy (non-hydrogen) atoms. The van der Waals surface area contributed by atoms with Gasteiger partial charge in [0.25, 0.3) is 0 Å². The van der Waals surface area contributed by atoms with E-state index in [1.165, 1.54) is 11.8 Å². The van der Waals surface area contributed by atoms with Crippen molar-refractivity contribution in [2.24, 2.45) is 0 Å². The predicted octanol–water partition coefficient (Wildman–Crippen LogP) is 3.60. The van der Waals surface area contributed by atoms with Gasteiger partial charge in [-0.1, -0.05) is 18.2 Å². The van der Waals surface area contributed by atoms with E-state index in [0.717, 1.165) is 14.9 Å². The number of amides is 2. The maximum atomic E-state index is 11.8. The van der Waals surface area contributed by atoms with Gasteiger partial charge in [0.1, 0.15) is 0 Å². The third kappa shape index (κ3) is 6.07. The highest BCUT2D eigenvalue weighted by Crippen LogP contribution is 2.12. The van der Waals surface area contributed by atoms with Crippen molar-refractivity contribution >= 4 is 57.5 Å². The number of carbonyl (C=O) groups excluding carboxylic acids is 2. The molecule has 0 unspecified atom stereocenters. The second-order valence-corrected chi connectivity index (χ2v) is 6.69. The van der Waals surface area contributed by atoms with Gasteiger partial charge in [0, 0.05) is 14.9 Å². The van der Waals surface area contributed by atoms with Crippen LogP contribution >= 0.6 is 34.4 Å². The van der Waals surface area contributed by atoms with Gasteiger partial charge in [0.05, 0.1) is 11.5 Å². The Balaban J connectivity index is 1.68. The molecule has 0 heterocycles. The quantitative estimate of drug-likeness (QED) is 0.695. The monoisotopic (exact) mass is 426 g/mol. The van der Waals surface area contributed by atoms with Crippen molar-refractivity contribution in [1.29, 1.82) is 0 Å². The maximum absolute atomic E-state index is 11.8. The van der Waals surface area contributed by atoms with Gasteiger partial charge in [-0.25, -0.2) is 0 Å². The van der Waals surface area contributed by atoms with Crippen LogP contribution in [0.3, 0.4) is 0 Å². The summed E-state index contributed by atoms with van der Waals surface area (Å²) in [5.74, 6) is 0.264. The minimum atomic E-state index is -0.113. The molecule has 0 aliphatic heterocycles. The van der Waals surface area contributed by atoms with E-state index in [0.29, 0.717) is 0 Å². The number of hydrogen-bond donors (Lipinski definition) is 2. The minimum Gasteiger partial charge on any atom is -0.325 e. The number of benzene rings is 2. The van der Waals surface area contributed by atoms with Gasteiger partial charge in [0.15, 0.2) is 0 Å². The van der Waals surface area contributed by atoms with E-state index in [2.05, 4.69) is 33.2 Å². The summed E-state index contributed by atoms with van der Waals surface area (Å²) in [5, 5.41) is 5.58. The summed E-state index contributed by atoms with van der Waals surface area (Å²) in [5.41, 5.74) is 1.52. The zero-order valence-electron chi connectivity index (χ0n) is 11.7. The Labute approximate surface area is 147 Å². The first kappa shape index (κ1) is 16.8. The molecule has 0 spiro atoms. The SMILES string of the molecule is O=C(CSCC(=O)Nc1ccc(I)cc1)Nc1ccccc1. The van der Waals surface area contributed by atoms with Gasteiger partial charge in [-0.15, -0.1) is 11.8 Å². The number of rotatable bonds is 6. The highest BCUT2D eigenvalue weighted by molar-refractivity contribution is 14.1. The largest absolute Gasteiger partial charge is 0.325 e. The zero-order chi connectivity index (χ0) is 15.8. The zero-order valence-corrected chi connectivity index (χ0v) is 14.7. The van der Waals surface area contributed by atoms with Gasteiger partial charge in [-0.05, 0) is 59.0 Å². The van der Waals surface area contributed by atoms with Crippen LogP contribution in [0.5, 0.6) is 0 Å². The Kier molecular flexibility index (Phi) is 6.73. The van der Waals surface area contributed by atoms with Crippen LogP contribution < -0.4 is 10.6 Å². The fraction of sp³-hybridized carbons (Fsp3) is 0.125. The van der Waals surface area contributed by atoms with Crippen LogP contribution in [0.2, 0.25) is 0 Å². The summed E-state index contributed by atoms with van der Waals surface area (Å²) in [6, 6.07) is 16.8. The molecule has 2 amide bonds. The highest BCUT2D eigenvalue weighted by Gasteiger charge is 2.06. The van der Waals surface area contributed by atoms with Gasteiger partial charge in [-0.2, -0.15) is 0 Å². The van der Waals surface area contributed by atoms with E-state index < -0.39 is 0 Å². The number of thioether (sulfide) groups is 1. The molecule has 2 aromatic rings. The first-order valence-electron chi connectivity index (χ1n) is 6.61. The lowest BCUT2D eigenvalue weighted by atomic mass is 10.3. The lowest BCUT2D eigenvalue weighted by molar-refractivity contribution is -0.114. The standard InChI is InChI=1S/C16H15IN2O2S/c17-12-6-8-14(9-7-12)19-16(21)11-22-10-15(20)18-13-4-2-1-3-5-13/h1-9H,10-11H2,(H,18,20)(H,19,21). The molecule has 0 fully saturated rings. The first-order valence-corrected chi connectivity index (χ1v) is 8.85. The summed E-state index contributed by atoms with van der Waals surface area (Å²) in [4.78, 5) is 23.5. The number of halogens is 1. The van der Waals surface area contributed by atoms with E-state index in [9.17, 15) is 9.59 Å². The van der Waals surface area contributed by atoms with Crippen LogP contribution in [0.1, 0.15) is 0 Å². The van der Waals surface area contributed by atoms with Crippen molar-refractivity contribution < 1.29 is 9.59 Å². The average molecular weight is 426 g/mol. The third-order valence-electron chi connectivity index (χ3n) is 2.65. The molecule has 0 aromatic heterocycles. The third-order valence-corrected chi connectivity index (χ3v) is 4.30. The van der Waals surface area contributed by atoms with E-state index in [1.807, 2.05) is 54.6 Å². The van der Waals surface area contributed by atoms with E-state index in [1.54, 1.807) is 0 Å². The molecule has 6 heteroatoms. The fourth-order valence-corrected chi connectivity index (χ4v) is 2.66. The molecular formula is C16H15IN2O2S. The van der Waals surface area contributed by atoms with Crippen LogP contribution in [0.25, 0.3) is 0 Å². The maximum Gasteiger partial charge on any atom is 0.234 e. The lowest BCUT2D eigenvalue weighted by Gasteiger charge is -2.06. The molecule has 114 valence electrons. The molecule has 2 N–H and O–H groups in total. The van der Waals surface area contributed by atoms with Crippen LogP contribution in [0, 0.1) is 3.57 Å². The van der Waals surface area contributed by atoms with Gasteiger partial charge < -0.3 is 10.6 Å². The first-order chi connectivity index (χ1) is 10.6. The smallest absolute Gasteiger partial charge is 0.234 e. The summed E-state index contributed by atoms with van der Waals surface area (Å²) >= 11 is 3.49. The Morgan fingerprint density at radius 1 is 0.818 bits per heavy atom. The summed E-state index contributed by atoms with van der Waals surface area (Å²) in [6.07, 6.45) is 0. The second-order valence-electron chi connectivity index (χ2n) is 4.46. The molecule has 0 aliphatic carbocycles. The molecule has 2 aromatic carbocycles. The number of nitrogens with one attached hydrogen (secondary N) is 2. The Morgan fingerprint density at radius 2 is 1.32 bits per heavy atom. The Morgan fingerprint density at radius 3 is 1.86 bits per heavy atom. The van der Waals surface area contributed by atoms with Gasteiger partial charge >= 0.3 is 0 Å². The van der Waals surface area contributed by atoms with Gasteiger partial charge in [-0.3, -0.25) is 9.59 Å². The van der Waals surface area contributed by atoms with Crippen molar-refractivity contribution in [2.75, 3.05) is 22.1 Å². The number of hydrogen-bond acceptors (Lipinski definition) is 3. The van der Waals surface area contributed by atoms with Crippen LogP contribution in [-0.2, 0) is 9.59 Å². The van der Waals surface area contributed by atoms with Crippen LogP contribution in [-0.4, -0.2) is 23.3 Å². The summed E-state index contributed by atoms with van der Waals surface area (Å²) in [7, 11) is 0.